The number of rotatable bonds is 4. The molecule has 5 rings (SSSR count). The van der Waals surface area contributed by atoms with E-state index in [0.29, 0.717) is 18.3 Å². The predicted molar refractivity (Wildman–Crippen MR) is 123 cm³/mol. The molecule has 0 saturated carbocycles. The van der Waals surface area contributed by atoms with Crippen molar-refractivity contribution in [3.63, 3.8) is 0 Å². The molecule has 2 aliphatic heterocycles. The first-order chi connectivity index (χ1) is 15.2. The lowest BCUT2D eigenvalue weighted by Gasteiger charge is -2.36. The smallest absolute Gasteiger partial charge is 0.241 e. The van der Waals surface area contributed by atoms with Crippen LogP contribution in [0.1, 0.15) is 30.7 Å². The molecule has 0 aliphatic carbocycles. The zero-order chi connectivity index (χ0) is 21.2. The highest BCUT2D eigenvalue weighted by molar-refractivity contribution is 9.10. The van der Waals surface area contributed by atoms with Gasteiger partial charge in [-0.05, 0) is 62.5 Å². The summed E-state index contributed by atoms with van der Waals surface area (Å²) in [4.78, 5) is 22.1. The highest BCUT2D eigenvalue weighted by Gasteiger charge is 2.31. The van der Waals surface area contributed by atoms with Gasteiger partial charge in [-0.2, -0.15) is 4.98 Å². The van der Waals surface area contributed by atoms with Gasteiger partial charge in [-0.3, -0.25) is 9.69 Å². The van der Waals surface area contributed by atoms with Crippen LogP contribution in [0.15, 0.2) is 57.5 Å². The molecular weight excluding hydrogens is 456 g/mol. The second-order valence-corrected chi connectivity index (χ2v) is 9.21. The molecule has 1 saturated heterocycles. The van der Waals surface area contributed by atoms with E-state index in [2.05, 4.69) is 49.2 Å². The van der Waals surface area contributed by atoms with Crippen LogP contribution in [0.4, 0.5) is 5.69 Å². The molecule has 3 heterocycles. The van der Waals surface area contributed by atoms with E-state index in [1.54, 1.807) is 0 Å². The number of para-hydroxylation sites is 1. The quantitative estimate of drug-likeness (QED) is 0.541. The summed E-state index contributed by atoms with van der Waals surface area (Å²) in [5.41, 5.74) is 3.32. The first-order valence-electron chi connectivity index (χ1n) is 10.9. The SMILES string of the molecule is O=C(C1CCN(Cc2nc(-c3cccc(Br)c3)no2)CC1)N1CCCc2ccccc21. The van der Waals surface area contributed by atoms with Crippen LogP contribution in [0.3, 0.4) is 0 Å². The van der Waals surface area contributed by atoms with Crippen LogP contribution in [0, 0.1) is 5.92 Å². The minimum Gasteiger partial charge on any atom is -0.338 e. The Balaban J connectivity index is 1.18. The van der Waals surface area contributed by atoms with E-state index in [9.17, 15) is 4.79 Å². The van der Waals surface area contributed by atoms with Crippen molar-refractivity contribution < 1.29 is 9.32 Å². The van der Waals surface area contributed by atoms with E-state index in [-0.39, 0.29) is 11.8 Å². The van der Waals surface area contributed by atoms with Crippen LogP contribution in [0.5, 0.6) is 0 Å². The fourth-order valence-electron chi connectivity index (χ4n) is 4.58. The van der Waals surface area contributed by atoms with Gasteiger partial charge in [-0.15, -0.1) is 0 Å². The van der Waals surface area contributed by atoms with E-state index in [1.807, 2.05) is 35.2 Å². The Kier molecular flexibility index (Phi) is 5.87. The van der Waals surface area contributed by atoms with Crippen LogP contribution < -0.4 is 4.90 Å². The summed E-state index contributed by atoms with van der Waals surface area (Å²) in [7, 11) is 0. The van der Waals surface area contributed by atoms with E-state index in [1.165, 1.54) is 5.56 Å². The van der Waals surface area contributed by atoms with Gasteiger partial charge in [0.1, 0.15) is 0 Å². The molecule has 7 heteroatoms. The first-order valence-corrected chi connectivity index (χ1v) is 11.7. The average molecular weight is 481 g/mol. The molecule has 3 aromatic rings. The number of benzene rings is 2. The lowest BCUT2D eigenvalue weighted by atomic mass is 9.93. The Bertz CT molecular complexity index is 1070. The van der Waals surface area contributed by atoms with Crippen molar-refractivity contribution in [2.24, 2.45) is 5.92 Å². The lowest BCUT2D eigenvalue weighted by molar-refractivity contribution is -0.124. The van der Waals surface area contributed by atoms with Gasteiger partial charge in [0.05, 0.1) is 6.54 Å². The zero-order valence-corrected chi connectivity index (χ0v) is 18.9. The van der Waals surface area contributed by atoms with Crippen LogP contribution in [0.25, 0.3) is 11.4 Å². The van der Waals surface area contributed by atoms with E-state index >= 15 is 0 Å². The van der Waals surface area contributed by atoms with Crippen LogP contribution >= 0.6 is 15.9 Å². The Morgan fingerprint density at radius 1 is 1.10 bits per heavy atom. The van der Waals surface area contributed by atoms with Gasteiger partial charge >= 0.3 is 0 Å². The number of nitrogens with zero attached hydrogens (tertiary/aromatic N) is 4. The minimum atomic E-state index is 0.0855. The maximum absolute atomic E-state index is 13.2. The molecule has 31 heavy (non-hydrogen) atoms. The predicted octanol–water partition coefficient (Wildman–Crippen LogP) is 4.69. The van der Waals surface area contributed by atoms with Crippen molar-refractivity contribution in [1.29, 1.82) is 0 Å². The number of hydrogen-bond acceptors (Lipinski definition) is 5. The molecular formula is C24H25BrN4O2. The van der Waals surface area contributed by atoms with Gasteiger partial charge in [0.15, 0.2) is 0 Å². The number of carbonyl (C=O) groups is 1. The summed E-state index contributed by atoms with van der Waals surface area (Å²) in [6, 6.07) is 16.2. The number of aromatic nitrogens is 2. The fourth-order valence-corrected chi connectivity index (χ4v) is 4.98. The summed E-state index contributed by atoms with van der Waals surface area (Å²) in [5, 5.41) is 4.12. The summed E-state index contributed by atoms with van der Waals surface area (Å²) in [6.07, 6.45) is 3.83. The van der Waals surface area contributed by atoms with Gasteiger partial charge in [0.25, 0.3) is 0 Å². The molecule has 6 nitrogen and oxygen atoms in total. The molecule has 2 aromatic carbocycles. The second kappa shape index (κ2) is 8.93. The molecule has 0 unspecified atom stereocenters. The van der Waals surface area contributed by atoms with Gasteiger partial charge in [0, 0.05) is 28.2 Å². The topological polar surface area (TPSA) is 62.5 Å². The van der Waals surface area contributed by atoms with Crippen molar-refractivity contribution in [3.05, 3.63) is 64.5 Å². The monoisotopic (exact) mass is 480 g/mol. The molecule has 0 bridgehead atoms. The van der Waals surface area contributed by atoms with Gasteiger partial charge in [-0.25, -0.2) is 0 Å². The Morgan fingerprint density at radius 3 is 2.77 bits per heavy atom. The number of carbonyl (C=O) groups excluding carboxylic acids is 1. The number of anilines is 1. The van der Waals surface area contributed by atoms with Crippen LogP contribution in [-0.4, -0.2) is 40.6 Å². The third-order valence-electron chi connectivity index (χ3n) is 6.22. The number of aryl methyl sites for hydroxylation is 1. The lowest BCUT2D eigenvalue weighted by Crippen LogP contribution is -2.44. The average Bonchev–Trinajstić information content (AvgIpc) is 3.27. The third-order valence-corrected chi connectivity index (χ3v) is 6.72. The van der Waals surface area contributed by atoms with E-state index < -0.39 is 0 Å². The van der Waals surface area contributed by atoms with Gasteiger partial charge < -0.3 is 9.42 Å². The van der Waals surface area contributed by atoms with E-state index in [4.69, 9.17) is 4.52 Å². The number of amides is 1. The van der Waals surface area contributed by atoms with Crippen molar-refractivity contribution in [2.75, 3.05) is 24.5 Å². The van der Waals surface area contributed by atoms with Gasteiger partial charge in [-0.1, -0.05) is 51.4 Å². The van der Waals surface area contributed by atoms with Crippen molar-refractivity contribution in [3.8, 4) is 11.4 Å². The first kappa shape index (κ1) is 20.4. The Hall–Kier alpha value is -2.51. The summed E-state index contributed by atoms with van der Waals surface area (Å²) in [5.74, 6) is 1.58. The highest BCUT2D eigenvalue weighted by atomic mass is 79.9. The summed E-state index contributed by atoms with van der Waals surface area (Å²) in [6.45, 7) is 3.17. The molecule has 0 atom stereocenters. The number of piperidine rings is 1. The standard InChI is InChI=1S/C24H25BrN4O2/c25-20-8-3-6-19(15-20)23-26-22(31-27-23)16-28-13-10-18(11-14-28)24(30)29-12-4-7-17-5-1-2-9-21(17)29/h1-3,5-6,8-9,15,18H,4,7,10-14,16H2. The summed E-state index contributed by atoms with van der Waals surface area (Å²) < 4.78 is 6.46. The number of likely N-dealkylation sites (tertiary alicyclic amines) is 1. The third kappa shape index (κ3) is 4.43. The maximum Gasteiger partial charge on any atom is 0.241 e. The molecule has 0 radical (unpaired) electrons. The maximum atomic E-state index is 13.2. The normalized spacial score (nSPS) is 17.5. The molecule has 0 N–H and O–H groups in total. The van der Waals surface area contributed by atoms with Crippen molar-refractivity contribution in [2.45, 2.75) is 32.2 Å². The molecule has 1 fully saturated rings. The largest absolute Gasteiger partial charge is 0.338 e. The molecule has 2 aliphatic rings. The number of hydrogen-bond donors (Lipinski definition) is 0. The molecule has 0 spiro atoms. The minimum absolute atomic E-state index is 0.0855. The number of halogens is 1. The van der Waals surface area contributed by atoms with Crippen molar-refractivity contribution >= 4 is 27.5 Å². The van der Waals surface area contributed by atoms with Crippen molar-refractivity contribution in [1.82, 2.24) is 15.0 Å². The molecule has 1 amide bonds. The Morgan fingerprint density at radius 2 is 1.94 bits per heavy atom. The molecule has 1 aromatic heterocycles. The fraction of sp³-hybridized carbons (Fsp3) is 0.375. The Labute approximate surface area is 190 Å². The summed E-state index contributed by atoms with van der Waals surface area (Å²) >= 11 is 3.48. The van der Waals surface area contributed by atoms with Gasteiger partial charge in [0.2, 0.25) is 17.6 Å². The highest BCUT2D eigenvalue weighted by Crippen LogP contribution is 2.30. The van der Waals surface area contributed by atoms with Crippen LogP contribution in [0.2, 0.25) is 0 Å². The zero-order valence-electron chi connectivity index (χ0n) is 17.3. The second-order valence-electron chi connectivity index (χ2n) is 8.29. The van der Waals surface area contributed by atoms with Crippen LogP contribution in [-0.2, 0) is 17.8 Å². The number of fused-ring (bicyclic) bond motifs is 1. The van der Waals surface area contributed by atoms with E-state index in [0.717, 1.165) is 61.0 Å². The molecule has 160 valence electrons.